The number of benzene rings is 3. The fourth-order valence-electron chi connectivity index (χ4n) is 2.60. The number of anilines is 1. The van der Waals surface area contributed by atoms with E-state index in [0.29, 0.717) is 34.7 Å². The number of nitrogens with one attached hydrogen (secondary N) is 1. The predicted octanol–water partition coefficient (Wildman–Crippen LogP) is 4.57. The maximum absolute atomic E-state index is 12.7. The van der Waals surface area contributed by atoms with Crippen molar-refractivity contribution >= 4 is 17.4 Å². The number of carbonyl (C=O) groups excluding carboxylic acids is 2. The molecule has 1 N–H and O–H groups in total. The average Bonchev–Trinajstić information content (AvgIpc) is 2.69. The lowest BCUT2D eigenvalue weighted by Crippen LogP contribution is -2.15. The molecule has 0 aliphatic rings. The maximum atomic E-state index is 12.7. The summed E-state index contributed by atoms with van der Waals surface area (Å²) >= 11 is 0. The highest BCUT2D eigenvalue weighted by molar-refractivity contribution is 6.15. The fraction of sp³-hybridized carbons (Fsp3) is 0.0909. The van der Waals surface area contributed by atoms with E-state index < -0.39 is 0 Å². The van der Waals surface area contributed by atoms with Crippen LogP contribution in [0.5, 0.6) is 5.75 Å². The molecule has 0 aliphatic heterocycles. The van der Waals surface area contributed by atoms with Gasteiger partial charge >= 0.3 is 0 Å². The predicted molar refractivity (Wildman–Crippen MR) is 102 cm³/mol. The zero-order valence-corrected chi connectivity index (χ0v) is 14.4. The van der Waals surface area contributed by atoms with E-state index >= 15 is 0 Å². The Morgan fingerprint density at radius 3 is 2.15 bits per heavy atom. The molecule has 0 atom stereocenters. The third-order valence-electron chi connectivity index (χ3n) is 3.88. The quantitative estimate of drug-likeness (QED) is 0.666. The zero-order valence-electron chi connectivity index (χ0n) is 14.4. The highest BCUT2D eigenvalue weighted by Crippen LogP contribution is 2.21. The Kier molecular flexibility index (Phi) is 5.44. The molecule has 0 aliphatic carbocycles. The van der Waals surface area contributed by atoms with Gasteiger partial charge < -0.3 is 10.1 Å². The molecule has 130 valence electrons. The molecule has 0 saturated heterocycles. The van der Waals surface area contributed by atoms with Crippen LogP contribution in [0.15, 0.2) is 78.9 Å². The minimum absolute atomic E-state index is 0.131. The van der Waals surface area contributed by atoms with Gasteiger partial charge in [-0.15, -0.1) is 0 Å². The van der Waals surface area contributed by atoms with E-state index in [1.165, 1.54) is 0 Å². The second-order valence-electron chi connectivity index (χ2n) is 5.65. The Balaban J connectivity index is 1.82. The number of carbonyl (C=O) groups is 2. The van der Waals surface area contributed by atoms with E-state index in [1.54, 1.807) is 60.7 Å². The van der Waals surface area contributed by atoms with E-state index in [1.807, 2.05) is 25.1 Å². The number of ether oxygens (including phenoxy) is 1. The van der Waals surface area contributed by atoms with E-state index in [4.69, 9.17) is 4.74 Å². The normalized spacial score (nSPS) is 10.2. The molecule has 26 heavy (non-hydrogen) atoms. The van der Waals surface area contributed by atoms with Gasteiger partial charge in [-0.25, -0.2) is 0 Å². The summed E-state index contributed by atoms with van der Waals surface area (Å²) < 4.78 is 5.38. The Bertz CT molecular complexity index is 902. The Morgan fingerprint density at radius 2 is 1.46 bits per heavy atom. The van der Waals surface area contributed by atoms with Crippen LogP contribution < -0.4 is 10.1 Å². The Morgan fingerprint density at radius 1 is 0.808 bits per heavy atom. The molecule has 0 unspecified atom stereocenters. The fourth-order valence-corrected chi connectivity index (χ4v) is 2.60. The molecule has 0 heterocycles. The molecule has 3 aromatic carbocycles. The SMILES string of the molecule is CCOc1ccc(C(=O)Nc2ccccc2C(=O)c2ccccc2)cc1. The maximum Gasteiger partial charge on any atom is 0.255 e. The van der Waals surface area contributed by atoms with E-state index in [9.17, 15) is 9.59 Å². The first-order chi connectivity index (χ1) is 12.7. The van der Waals surface area contributed by atoms with Crippen molar-refractivity contribution in [3.05, 3.63) is 95.6 Å². The lowest BCUT2D eigenvalue weighted by Gasteiger charge is -2.11. The zero-order chi connectivity index (χ0) is 18.4. The van der Waals surface area contributed by atoms with Crippen LogP contribution in [-0.2, 0) is 0 Å². The largest absolute Gasteiger partial charge is 0.494 e. The van der Waals surface area contributed by atoms with Crippen molar-refractivity contribution in [1.82, 2.24) is 0 Å². The smallest absolute Gasteiger partial charge is 0.255 e. The summed E-state index contributed by atoms with van der Waals surface area (Å²) in [6.45, 7) is 2.47. The van der Waals surface area contributed by atoms with Gasteiger partial charge in [-0.1, -0.05) is 42.5 Å². The van der Waals surface area contributed by atoms with Crippen LogP contribution in [0.2, 0.25) is 0 Å². The van der Waals surface area contributed by atoms with Gasteiger partial charge in [0.05, 0.1) is 12.3 Å². The second kappa shape index (κ2) is 8.12. The monoisotopic (exact) mass is 345 g/mol. The van der Waals surface area contributed by atoms with Crippen LogP contribution in [0.1, 0.15) is 33.2 Å². The minimum Gasteiger partial charge on any atom is -0.494 e. The number of hydrogen-bond acceptors (Lipinski definition) is 3. The molecule has 0 spiro atoms. The summed E-state index contributed by atoms with van der Waals surface area (Å²) in [5.41, 5.74) is 2.02. The molecule has 3 rings (SSSR count). The van der Waals surface area contributed by atoms with Crippen LogP contribution >= 0.6 is 0 Å². The van der Waals surface area contributed by atoms with Gasteiger partial charge in [0, 0.05) is 16.7 Å². The summed E-state index contributed by atoms with van der Waals surface area (Å²) in [5, 5.41) is 2.83. The molecule has 0 aromatic heterocycles. The molecular formula is C22H19NO3. The van der Waals surface area contributed by atoms with Crippen molar-refractivity contribution in [3.8, 4) is 5.75 Å². The molecule has 3 aromatic rings. The van der Waals surface area contributed by atoms with E-state index in [0.717, 1.165) is 0 Å². The number of ketones is 1. The van der Waals surface area contributed by atoms with E-state index in [2.05, 4.69) is 5.32 Å². The molecule has 0 fully saturated rings. The summed E-state index contributed by atoms with van der Waals surface area (Å²) in [6, 6.07) is 22.9. The molecular weight excluding hydrogens is 326 g/mol. The number of rotatable bonds is 6. The van der Waals surface area contributed by atoms with Crippen molar-refractivity contribution in [2.75, 3.05) is 11.9 Å². The lowest BCUT2D eigenvalue weighted by atomic mass is 10.0. The second-order valence-corrected chi connectivity index (χ2v) is 5.65. The van der Waals surface area contributed by atoms with Gasteiger partial charge in [-0.3, -0.25) is 9.59 Å². The van der Waals surface area contributed by atoms with Crippen LogP contribution in [0.3, 0.4) is 0 Å². The lowest BCUT2D eigenvalue weighted by molar-refractivity contribution is 0.102. The molecule has 0 saturated carbocycles. The van der Waals surface area contributed by atoms with Crippen LogP contribution in [0.25, 0.3) is 0 Å². The summed E-state index contributed by atoms with van der Waals surface area (Å²) in [6.07, 6.45) is 0. The van der Waals surface area contributed by atoms with Crippen LogP contribution in [0, 0.1) is 0 Å². The van der Waals surface area contributed by atoms with Crippen molar-refractivity contribution < 1.29 is 14.3 Å². The molecule has 4 heteroatoms. The van der Waals surface area contributed by atoms with Gasteiger partial charge in [-0.05, 0) is 43.3 Å². The van der Waals surface area contributed by atoms with Gasteiger partial charge in [0.2, 0.25) is 0 Å². The first-order valence-corrected chi connectivity index (χ1v) is 8.42. The Labute approximate surface area is 152 Å². The average molecular weight is 345 g/mol. The third-order valence-corrected chi connectivity index (χ3v) is 3.88. The number of para-hydroxylation sites is 1. The van der Waals surface area contributed by atoms with Gasteiger partial charge in [-0.2, -0.15) is 0 Å². The summed E-state index contributed by atoms with van der Waals surface area (Å²) in [7, 11) is 0. The Hall–Kier alpha value is -3.40. The van der Waals surface area contributed by atoms with Crippen molar-refractivity contribution in [3.63, 3.8) is 0 Å². The summed E-state index contributed by atoms with van der Waals surface area (Å²) in [5.74, 6) is 0.304. The molecule has 1 amide bonds. The van der Waals surface area contributed by atoms with Crippen molar-refractivity contribution in [2.45, 2.75) is 6.92 Å². The van der Waals surface area contributed by atoms with Gasteiger partial charge in [0.1, 0.15) is 5.75 Å². The van der Waals surface area contributed by atoms with Crippen molar-refractivity contribution in [1.29, 1.82) is 0 Å². The minimum atomic E-state index is -0.277. The first-order valence-electron chi connectivity index (χ1n) is 8.42. The van der Waals surface area contributed by atoms with Crippen molar-refractivity contribution in [2.24, 2.45) is 0 Å². The molecule has 0 radical (unpaired) electrons. The first kappa shape index (κ1) is 17.4. The molecule has 4 nitrogen and oxygen atoms in total. The topological polar surface area (TPSA) is 55.4 Å². The van der Waals surface area contributed by atoms with Gasteiger partial charge in [0.15, 0.2) is 5.78 Å². The summed E-state index contributed by atoms with van der Waals surface area (Å²) in [4.78, 5) is 25.3. The van der Waals surface area contributed by atoms with Gasteiger partial charge in [0.25, 0.3) is 5.91 Å². The van der Waals surface area contributed by atoms with E-state index in [-0.39, 0.29) is 11.7 Å². The standard InChI is InChI=1S/C22H19NO3/c1-2-26-18-14-12-17(13-15-18)22(25)23-20-11-7-6-10-19(20)21(24)16-8-4-3-5-9-16/h3-15H,2H2,1H3,(H,23,25). The number of amides is 1. The van der Waals surface area contributed by atoms with Crippen LogP contribution in [-0.4, -0.2) is 18.3 Å². The highest BCUT2D eigenvalue weighted by Gasteiger charge is 2.15. The third kappa shape index (κ3) is 3.98. The van der Waals surface area contributed by atoms with Crippen LogP contribution in [0.4, 0.5) is 5.69 Å². The highest BCUT2D eigenvalue weighted by atomic mass is 16.5. The molecule has 0 bridgehead atoms. The number of hydrogen-bond donors (Lipinski definition) is 1.